The van der Waals surface area contributed by atoms with Crippen molar-refractivity contribution in [3.63, 3.8) is 0 Å². The Morgan fingerprint density at radius 1 is 1.52 bits per heavy atom. The Hall–Kier alpha value is -1.73. The first-order valence-corrected chi connectivity index (χ1v) is 7.61. The van der Waals surface area contributed by atoms with E-state index in [0.29, 0.717) is 17.5 Å². The van der Waals surface area contributed by atoms with Gasteiger partial charge in [-0.3, -0.25) is 4.79 Å². The number of H-pyrrole nitrogens is 1. The smallest absolute Gasteiger partial charge is 0.308 e. The number of fused-ring (bicyclic) bond motifs is 1. The minimum atomic E-state index is -0.753. The highest BCUT2D eigenvalue weighted by molar-refractivity contribution is 7.99. The van der Waals surface area contributed by atoms with Crippen LogP contribution in [0.3, 0.4) is 0 Å². The van der Waals surface area contributed by atoms with E-state index in [-0.39, 0.29) is 12.4 Å². The number of thioether (sulfide) groups is 1. The Bertz CT molecular complexity index is 614. The van der Waals surface area contributed by atoms with Crippen LogP contribution in [-0.4, -0.2) is 46.6 Å². The van der Waals surface area contributed by atoms with Gasteiger partial charge in [-0.05, 0) is 19.1 Å². The molecule has 0 saturated carbocycles. The van der Waals surface area contributed by atoms with Crippen molar-refractivity contribution in [2.24, 2.45) is 0 Å². The summed E-state index contributed by atoms with van der Waals surface area (Å²) >= 11 is 1.36. The van der Waals surface area contributed by atoms with Crippen molar-refractivity contribution in [1.82, 2.24) is 9.97 Å². The van der Waals surface area contributed by atoms with E-state index >= 15 is 0 Å². The maximum Gasteiger partial charge on any atom is 0.308 e. The zero-order valence-corrected chi connectivity index (χ0v) is 12.8. The first-order chi connectivity index (χ1) is 10.1. The third-order valence-electron chi connectivity index (χ3n) is 2.79. The normalized spacial score (nSPS) is 12.3. The molecule has 0 aliphatic rings. The number of nitrogens with one attached hydrogen (secondary N) is 1. The van der Waals surface area contributed by atoms with Crippen LogP contribution in [0, 0.1) is 0 Å². The summed E-state index contributed by atoms with van der Waals surface area (Å²) < 4.78 is 9.94. The maximum atomic E-state index is 11.2. The molecule has 0 aliphatic heterocycles. The maximum absolute atomic E-state index is 11.2. The number of rotatable bonds is 7. The molecule has 1 unspecified atom stereocenters. The lowest BCUT2D eigenvalue weighted by Crippen LogP contribution is -2.17. The molecule has 0 fully saturated rings. The molecule has 114 valence electrons. The molecule has 0 bridgehead atoms. The average molecular weight is 310 g/mol. The van der Waals surface area contributed by atoms with Gasteiger partial charge in [0.25, 0.3) is 0 Å². The fourth-order valence-electron chi connectivity index (χ4n) is 1.81. The second kappa shape index (κ2) is 7.33. The Morgan fingerprint density at radius 3 is 3.05 bits per heavy atom. The number of aliphatic hydroxyl groups excluding tert-OH is 1. The number of hydrogen-bond acceptors (Lipinski definition) is 6. The van der Waals surface area contributed by atoms with Crippen LogP contribution in [0.2, 0.25) is 0 Å². The van der Waals surface area contributed by atoms with Crippen LogP contribution in [0.5, 0.6) is 5.75 Å². The third kappa shape index (κ3) is 4.37. The van der Waals surface area contributed by atoms with Crippen LogP contribution in [0.25, 0.3) is 11.0 Å². The van der Waals surface area contributed by atoms with Gasteiger partial charge in [-0.1, -0.05) is 11.8 Å². The number of carbonyl (C=O) groups excluding carboxylic acids is 1. The van der Waals surface area contributed by atoms with E-state index in [9.17, 15) is 9.90 Å². The minimum absolute atomic E-state index is 0.00507. The summed E-state index contributed by atoms with van der Waals surface area (Å²) in [7, 11) is 1.61. The van der Waals surface area contributed by atoms with Gasteiger partial charge >= 0.3 is 5.97 Å². The van der Waals surface area contributed by atoms with E-state index in [1.54, 1.807) is 14.0 Å². The summed E-state index contributed by atoms with van der Waals surface area (Å²) in [4.78, 5) is 18.8. The zero-order valence-electron chi connectivity index (χ0n) is 12.0. The standard InChI is InChI=1S/C14H18N2O4S/c1-3-20-13(18)6-9(17)8-21-14-15-11-5-4-10(19-2)7-12(11)16-14/h4-5,7,9,17H,3,6,8H2,1-2H3,(H,15,16). The van der Waals surface area contributed by atoms with E-state index < -0.39 is 6.10 Å². The van der Waals surface area contributed by atoms with E-state index in [2.05, 4.69) is 9.97 Å². The predicted octanol–water partition coefficient (Wildman–Crippen LogP) is 1.98. The van der Waals surface area contributed by atoms with Gasteiger partial charge in [0.2, 0.25) is 0 Å². The number of aromatic nitrogens is 2. The van der Waals surface area contributed by atoms with Gasteiger partial charge in [0.15, 0.2) is 5.16 Å². The second-order valence-electron chi connectivity index (χ2n) is 4.40. The minimum Gasteiger partial charge on any atom is -0.497 e. The first kappa shape index (κ1) is 15.7. The number of aliphatic hydroxyl groups is 1. The number of nitrogens with zero attached hydrogens (tertiary/aromatic N) is 1. The van der Waals surface area contributed by atoms with Crippen molar-refractivity contribution in [2.75, 3.05) is 19.5 Å². The number of esters is 1. The Kier molecular flexibility index (Phi) is 5.46. The van der Waals surface area contributed by atoms with E-state index in [0.717, 1.165) is 16.8 Å². The molecule has 0 aliphatic carbocycles. The number of ether oxygens (including phenoxy) is 2. The zero-order chi connectivity index (χ0) is 15.2. The van der Waals surface area contributed by atoms with Gasteiger partial charge in [0, 0.05) is 11.8 Å². The molecule has 1 heterocycles. The molecule has 7 heteroatoms. The molecular formula is C14H18N2O4S. The van der Waals surface area contributed by atoms with Crippen molar-refractivity contribution in [1.29, 1.82) is 0 Å². The van der Waals surface area contributed by atoms with Gasteiger partial charge < -0.3 is 19.6 Å². The molecule has 21 heavy (non-hydrogen) atoms. The quantitative estimate of drug-likeness (QED) is 0.601. The van der Waals surface area contributed by atoms with Gasteiger partial charge in [-0.25, -0.2) is 4.98 Å². The number of aromatic amines is 1. The summed E-state index contributed by atoms with van der Waals surface area (Å²) in [5, 5.41) is 10.5. The third-order valence-corrected chi connectivity index (χ3v) is 3.81. The summed E-state index contributed by atoms with van der Waals surface area (Å²) in [6.07, 6.45) is -0.758. The van der Waals surface area contributed by atoms with Gasteiger partial charge in [0.05, 0.1) is 37.3 Å². The number of methoxy groups -OCH3 is 1. The van der Waals surface area contributed by atoms with Crippen molar-refractivity contribution < 1.29 is 19.4 Å². The molecule has 6 nitrogen and oxygen atoms in total. The van der Waals surface area contributed by atoms with Crippen LogP contribution in [0.1, 0.15) is 13.3 Å². The van der Waals surface area contributed by atoms with Crippen LogP contribution >= 0.6 is 11.8 Å². The van der Waals surface area contributed by atoms with Crippen molar-refractivity contribution in [2.45, 2.75) is 24.6 Å². The lowest BCUT2D eigenvalue weighted by atomic mass is 10.3. The van der Waals surface area contributed by atoms with E-state index in [1.165, 1.54) is 11.8 Å². The molecule has 0 saturated heterocycles. The number of imidazole rings is 1. The fraction of sp³-hybridized carbons (Fsp3) is 0.429. The highest BCUT2D eigenvalue weighted by Crippen LogP contribution is 2.23. The fourth-order valence-corrected chi connectivity index (χ4v) is 2.62. The second-order valence-corrected chi connectivity index (χ2v) is 5.41. The molecule has 0 amide bonds. The predicted molar refractivity (Wildman–Crippen MR) is 80.6 cm³/mol. The van der Waals surface area contributed by atoms with Crippen molar-refractivity contribution in [3.05, 3.63) is 18.2 Å². The van der Waals surface area contributed by atoms with Gasteiger partial charge in [-0.15, -0.1) is 0 Å². The lowest BCUT2D eigenvalue weighted by Gasteiger charge is -2.08. The lowest BCUT2D eigenvalue weighted by molar-refractivity contribution is -0.144. The highest BCUT2D eigenvalue weighted by atomic mass is 32.2. The summed E-state index contributed by atoms with van der Waals surface area (Å²) in [5.74, 6) is 0.737. The average Bonchev–Trinajstić information content (AvgIpc) is 2.87. The molecule has 1 aromatic carbocycles. The number of benzene rings is 1. The molecule has 2 rings (SSSR count). The summed E-state index contributed by atoms with van der Waals surface area (Å²) in [6, 6.07) is 5.57. The van der Waals surface area contributed by atoms with Crippen molar-refractivity contribution >= 4 is 28.8 Å². The topological polar surface area (TPSA) is 84.4 Å². The molecule has 2 aromatic rings. The molecule has 0 spiro atoms. The number of hydrogen-bond donors (Lipinski definition) is 2. The molecule has 1 aromatic heterocycles. The van der Waals surface area contributed by atoms with Gasteiger partial charge in [0.1, 0.15) is 5.75 Å². The van der Waals surface area contributed by atoms with Crippen LogP contribution < -0.4 is 4.74 Å². The molecule has 0 radical (unpaired) electrons. The first-order valence-electron chi connectivity index (χ1n) is 6.62. The van der Waals surface area contributed by atoms with E-state index in [1.807, 2.05) is 18.2 Å². The van der Waals surface area contributed by atoms with Crippen LogP contribution in [-0.2, 0) is 9.53 Å². The van der Waals surface area contributed by atoms with Crippen LogP contribution in [0.15, 0.2) is 23.4 Å². The number of carbonyl (C=O) groups is 1. The Labute approximate surface area is 126 Å². The highest BCUT2D eigenvalue weighted by Gasteiger charge is 2.13. The summed E-state index contributed by atoms with van der Waals surface area (Å²) in [6.45, 7) is 2.06. The van der Waals surface area contributed by atoms with Crippen LogP contribution in [0.4, 0.5) is 0 Å². The van der Waals surface area contributed by atoms with E-state index in [4.69, 9.17) is 9.47 Å². The SMILES string of the molecule is CCOC(=O)CC(O)CSc1nc2ccc(OC)cc2[nH]1. The largest absolute Gasteiger partial charge is 0.497 e. The van der Waals surface area contributed by atoms with Crippen molar-refractivity contribution in [3.8, 4) is 5.75 Å². The Morgan fingerprint density at radius 2 is 2.33 bits per heavy atom. The molecular weight excluding hydrogens is 292 g/mol. The Balaban J connectivity index is 1.92. The van der Waals surface area contributed by atoms with Gasteiger partial charge in [-0.2, -0.15) is 0 Å². The summed E-state index contributed by atoms with van der Waals surface area (Å²) in [5.41, 5.74) is 1.70. The molecule has 1 atom stereocenters. The monoisotopic (exact) mass is 310 g/mol. The molecule has 2 N–H and O–H groups in total.